The molecule has 94 valence electrons. The summed E-state index contributed by atoms with van der Waals surface area (Å²) in [5, 5.41) is 5.43. The summed E-state index contributed by atoms with van der Waals surface area (Å²) >= 11 is 3.53. The Morgan fingerprint density at radius 2 is 1.79 bits per heavy atom. The molecule has 0 saturated heterocycles. The second-order valence-electron chi connectivity index (χ2n) is 4.23. The van der Waals surface area contributed by atoms with E-state index in [2.05, 4.69) is 26.2 Å². The van der Waals surface area contributed by atoms with E-state index in [-0.39, 0.29) is 0 Å². The number of halogens is 1. The Kier molecular flexibility index (Phi) is 3.09. The molecule has 0 saturated carbocycles. The quantitative estimate of drug-likeness (QED) is 0.693. The van der Waals surface area contributed by atoms with E-state index in [4.69, 9.17) is 5.73 Å². The molecule has 0 spiro atoms. The molecular weight excluding hydrogens is 302 g/mol. The summed E-state index contributed by atoms with van der Waals surface area (Å²) in [4.78, 5) is 4.12. The second kappa shape index (κ2) is 4.90. The molecule has 3 nitrogen and oxygen atoms in total. The summed E-state index contributed by atoms with van der Waals surface area (Å²) < 4.78 is 1.02. The van der Waals surface area contributed by atoms with Crippen LogP contribution in [0, 0.1) is 0 Å². The monoisotopic (exact) mass is 313 g/mol. The lowest BCUT2D eigenvalue weighted by atomic mass is 10.1. The van der Waals surface area contributed by atoms with Crippen LogP contribution in [0.1, 0.15) is 0 Å². The minimum atomic E-state index is 0.737. The Labute approximate surface area is 119 Å². The molecule has 0 bridgehead atoms. The Bertz CT molecular complexity index is 740. The maximum absolute atomic E-state index is 5.97. The van der Waals surface area contributed by atoms with Crippen molar-refractivity contribution in [2.24, 2.45) is 0 Å². The first-order valence-corrected chi connectivity index (χ1v) is 6.69. The Balaban J connectivity index is 2.12. The van der Waals surface area contributed by atoms with Crippen LogP contribution in [0.2, 0.25) is 0 Å². The normalized spacial score (nSPS) is 10.6. The van der Waals surface area contributed by atoms with E-state index in [0.717, 1.165) is 32.3 Å². The topological polar surface area (TPSA) is 50.9 Å². The molecule has 0 unspecified atom stereocenters. The molecule has 19 heavy (non-hydrogen) atoms. The van der Waals surface area contributed by atoms with E-state index in [1.165, 1.54) is 0 Å². The number of fused-ring (bicyclic) bond motifs is 1. The first kappa shape index (κ1) is 12.0. The molecule has 0 aliphatic rings. The minimum Gasteiger partial charge on any atom is -0.398 e. The number of anilines is 3. The Hall–Kier alpha value is -2.07. The van der Waals surface area contributed by atoms with Gasteiger partial charge in [0.25, 0.3) is 0 Å². The highest BCUT2D eigenvalue weighted by Gasteiger charge is 2.05. The van der Waals surface area contributed by atoms with Crippen molar-refractivity contribution in [1.82, 2.24) is 4.98 Å². The highest BCUT2D eigenvalue weighted by molar-refractivity contribution is 9.10. The predicted molar refractivity (Wildman–Crippen MR) is 83.6 cm³/mol. The zero-order valence-electron chi connectivity index (χ0n) is 10.1. The van der Waals surface area contributed by atoms with Gasteiger partial charge in [-0.05, 0) is 46.3 Å². The predicted octanol–water partition coefficient (Wildman–Crippen LogP) is 4.32. The number of para-hydroxylation sites is 1. The van der Waals surface area contributed by atoms with E-state index < -0.39 is 0 Å². The van der Waals surface area contributed by atoms with Gasteiger partial charge in [-0.25, -0.2) is 0 Å². The number of pyridine rings is 1. The third kappa shape index (κ3) is 2.27. The molecule has 3 N–H and O–H groups in total. The lowest BCUT2D eigenvalue weighted by Gasteiger charge is -2.12. The average Bonchev–Trinajstić information content (AvgIpc) is 2.44. The number of nitrogens with zero attached hydrogens (tertiary/aromatic N) is 1. The molecule has 4 heteroatoms. The molecule has 0 fully saturated rings. The van der Waals surface area contributed by atoms with Crippen LogP contribution < -0.4 is 11.1 Å². The molecule has 0 amide bonds. The largest absolute Gasteiger partial charge is 0.398 e. The van der Waals surface area contributed by atoms with Gasteiger partial charge in [-0.3, -0.25) is 4.98 Å². The molecule has 0 radical (unpaired) electrons. The van der Waals surface area contributed by atoms with Gasteiger partial charge in [0.05, 0.1) is 5.69 Å². The van der Waals surface area contributed by atoms with Crippen molar-refractivity contribution in [2.75, 3.05) is 11.1 Å². The van der Waals surface area contributed by atoms with Crippen molar-refractivity contribution >= 4 is 43.8 Å². The van der Waals surface area contributed by atoms with E-state index in [1.54, 1.807) is 12.4 Å². The maximum Gasteiger partial charge on any atom is 0.0528 e. The smallest absolute Gasteiger partial charge is 0.0528 e. The summed E-state index contributed by atoms with van der Waals surface area (Å²) in [5.41, 5.74) is 8.74. The lowest BCUT2D eigenvalue weighted by Crippen LogP contribution is -1.95. The van der Waals surface area contributed by atoms with Gasteiger partial charge in [0, 0.05) is 39.0 Å². The lowest BCUT2D eigenvalue weighted by molar-refractivity contribution is 1.36. The number of hydrogen-bond donors (Lipinski definition) is 2. The molecule has 1 heterocycles. The fourth-order valence-corrected chi connectivity index (χ4v) is 2.41. The van der Waals surface area contributed by atoms with Crippen molar-refractivity contribution in [3.63, 3.8) is 0 Å². The van der Waals surface area contributed by atoms with Gasteiger partial charge < -0.3 is 11.1 Å². The molecule has 2 aromatic carbocycles. The molecule has 3 rings (SSSR count). The van der Waals surface area contributed by atoms with Crippen LogP contribution in [0.5, 0.6) is 0 Å². The van der Waals surface area contributed by atoms with E-state index in [0.29, 0.717) is 0 Å². The molecule has 1 aromatic heterocycles. The van der Waals surface area contributed by atoms with E-state index in [1.807, 2.05) is 42.5 Å². The van der Waals surface area contributed by atoms with Crippen LogP contribution in [0.3, 0.4) is 0 Å². The number of nitrogen functional groups attached to an aromatic ring is 1. The standard InChI is InChI=1S/C15H12BrN3/c16-12-3-1-2-4-15(12)19-14-6-5-13(17)11-9-18-8-7-10(11)14/h1-9,19H,17H2. The number of aromatic nitrogens is 1. The van der Waals surface area contributed by atoms with Crippen LogP contribution in [-0.4, -0.2) is 4.98 Å². The van der Waals surface area contributed by atoms with Gasteiger partial charge in [-0.1, -0.05) is 12.1 Å². The number of benzene rings is 2. The first-order chi connectivity index (χ1) is 9.25. The van der Waals surface area contributed by atoms with Crippen molar-refractivity contribution in [3.8, 4) is 0 Å². The maximum atomic E-state index is 5.97. The average molecular weight is 314 g/mol. The van der Waals surface area contributed by atoms with Crippen LogP contribution in [0.15, 0.2) is 59.3 Å². The zero-order chi connectivity index (χ0) is 13.2. The molecule has 0 aliphatic heterocycles. The molecule has 3 aromatic rings. The van der Waals surface area contributed by atoms with E-state index in [9.17, 15) is 0 Å². The highest BCUT2D eigenvalue weighted by atomic mass is 79.9. The zero-order valence-corrected chi connectivity index (χ0v) is 11.7. The SMILES string of the molecule is Nc1ccc(Nc2ccccc2Br)c2ccncc12. The summed E-state index contributed by atoms with van der Waals surface area (Å²) in [6.07, 6.45) is 3.56. The molecular formula is C15H12BrN3. The number of nitrogens with two attached hydrogens (primary N) is 1. The fraction of sp³-hybridized carbons (Fsp3) is 0. The van der Waals surface area contributed by atoms with Gasteiger partial charge in [0.2, 0.25) is 0 Å². The van der Waals surface area contributed by atoms with Crippen molar-refractivity contribution < 1.29 is 0 Å². The van der Waals surface area contributed by atoms with Crippen LogP contribution in [0.4, 0.5) is 17.1 Å². The molecule has 0 atom stereocenters. The van der Waals surface area contributed by atoms with E-state index >= 15 is 0 Å². The number of nitrogens with one attached hydrogen (secondary N) is 1. The van der Waals surface area contributed by atoms with Gasteiger partial charge in [0.1, 0.15) is 0 Å². The third-order valence-electron chi connectivity index (χ3n) is 3.00. The van der Waals surface area contributed by atoms with Crippen molar-refractivity contribution in [2.45, 2.75) is 0 Å². The summed E-state index contributed by atoms with van der Waals surface area (Å²) in [7, 11) is 0. The molecule has 0 aliphatic carbocycles. The summed E-state index contributed by atoms with van der Waals surface area (Å²) in [5.74, 6) is 0. The Morgan fingerprint density at radius 1 is 0.947 bits per heavy atom. The van der Waals surface area contributed by atoms with Crippen LogP contribution in [-0.2, 0) is 0 Å². The van der Waals surface area contributed by atoms with Crippen molar-refractivity contribution in [3.05, 3.63) is 59.3 Å². The third-order valence-corrected chi connectivity index (χ3v) is 3.69. The van der Waals surface area contributed by atoms with Crippen molar-refractivity contribution in [1.29, 1.82) is 0 Å². The highest BCUT2D eigenvalue weighted by Crippen LogP contribution is 2.32. The minimum absolute atomic E-state index is 0.737. The van der Waals surface area contributed by atoms with Crippen LogP contribution >= 0.6 is 15.9 Å². The summed E-state index contributed by atoms with van der Waals surface area (Å²) in [6.45, 7) is 0. The van der Waals surface area contributed by atoms with Gasteiger partial charge in [0.15, 0.2) is 0 Å². The second-order valence-corrected chi connectivity index (χ2v) is 5.08. The fourth-order valence-electron chi connectivity index (χ4n) is 2.03. The van der Waals surface area contributed by atoms with Gasteiger partial charge in [-0.15, -0.1) is 0 Å². The van der Waals surface area contributed by atoms with Gasteiger partial charge in [-0.2, -0.15) is 0 Å². The Morgan fingerprint density at radius 3 is 2.63 bits per heavy atom. The van der Waals surface area contributed by atoms with Crippen LogP contribution in [0.25, 0.3) is 10.8 Å². The first-order valence-electron chi connectivity index (χ1n) is 5.89. The number of rotatable bonds is 2. The number of hydrogen-bond acceptors (Lipinski definition) is 3. The van der Waals surface area contributed by atoms with Gasteiger partial charge >= 0.3 is 0 Å². The summed E-state index contributed by atoms with van der Waals surface area (Å²) in [6, 6.07) is 13.8.